The van der Waals surface area contributed by atoms with E-state index in [0.29, 0.717) is 31.8 Å². The monoisotopic (exact) mass is 427 g/mol. The lowest BCUT2D eigenvalue weighted by atomic mass is 9.76. The third-order valence-corrected chi connectivity index (χ3v) is 8.80. The predicted molar refractivity (Wildman–Crippen MR) is 113 cm³/mol. The van der Waals surface area contributed by atoms with E-state index in [1.54, 1.807) is 0 Å². The molecule has 8 heteroatoms. The highest BCUT2D eigenvalue weighted by Crippen LogP contribution is 2.45. The highest BCUT2D eigenvalue weighted by molar-refractivity contribution is 7.91. The molecule has 1 amide bonds. The van der Waals surface area contributed by atoms with Crippen molar-refractivity contribution >= 4 is 15.7 Å². The molecule has 1 aliphatic carbocycles. The largest absolute Gasteiger partial charge is 0.342 e. The number of nitrogens with one attached hydrogen (secondary N) is 1. The molecule has 1 aromatic carbocycles. The van der Waals surface area contributed by atoms with Gasteiger partial charge in [-0.25, -0.2) is 13.4 Å². The van der Waals surface area contributed by atoms with E-state index >= 15 is 0 Å². The van der Waals surface area contributed by atoms with Crippen molar-refractivity contribution < 1.29 is 13.2 Å². The summed E-state index contributed by atoms with van der Waals surface area (Å²) >= 11 is 0. The van der Waals surface area contributed by atoms with E-state index in [9.17, 15) is 18.0 Å². The maximum Gasteiger partial charge on any atom is 0.254 e. The van der Waals surface area contributed by atoms with Crippen molar-refractivity contribution in [1.82, 2.24) is 14.9 Å². The number of hydrogen-bond donors (Lipinski definition) is 1. The Morgan fingerprint density at radius 1 is 1.13 bits per heavy atom. The van der Waals surface area contributed by atoms with Gasteiger partial charge in [0, 0.05) is 29.6 Å². The van der Waals surface area contributed by atoms with Gasteiger partial charge in [0.15, 0.2) is 9.84 Å². The number of benzene rings is 1. The molecule has 0 bridgehead atoms. The van der Waals surface area contributed by atoms with Crippen molar-refractivity contribution in [3.63, 3.8) is 0 Å². The number of carbonyl (C=O) groups is 1. The SMILES string of the molecule is O=C(C1CCS(=O)(=O)C1)N1CCC2(CCc3c2nc(-c2ccccc2)[nH]c3=O)CC1. The van der Waals surface area contributed by atoms with E-state index in [-0.39, 0.29) is 28.4 Å². The summed E-state index contributed by atoms with van der Waals surface area (Å²) in [5.41, 5.74) is 2.31. The lowest BCUT2D eigenvalue weighted by molar-refractivity contribution is -0.136. The summed E-state index contributed by atoms with van der Waals surface area (Å²) in [6.45, 7) is 1.17. The molecule has 158 valence electrons. The van der Waals surface area contributed by atoms with E-state index in [0.717, 1.165) is 36.1 Å². The Morgan fingerprint density at radius 3 is 2.53 bits per heavy atom. The van der Waals surface area contributed by atoms with Gasteiger partial charge in [0.1, 0.15) is 5.82 Å². The Labute approximate surface area is 175 Å². The Balaban J connectivity index is 1.38. The first-order valence-electron chi connectivity index (χ1n) is 10.6. The average Bonchev–Trinajstić information content (AvgIpc) is 3.29. The highest BCUT2D eigenvalue weighted by Gasteiger charge is 2.46. The van der Waals surface area contributed by atoms with E-state index in [4.69, 9.17) is 4.98 Å². The van der Waals surface area contributed by atoms with Gasteiger partial charge in [0.25, 0.3) is 5.56 Å². The third-order valence-electron chi connectivity index (χ3n) is 7.03. The van der Waals surface area contributed by atoms with Crippen molar-refractivity contribution in [2.24, 2.45) is 5.92 Å². The molecule has 0 saturated carbocycles. The number of aromatic nitrogens is 2. The van der Waals surface area contributed by atoms with Gasteiger partial charge < -0.3 is 9.88 Å². The quantitative estimate of drug-likeness (QED) is 0.786. The van der Waals surface area contributed by atoms with Crippen molar-refractivity contribution in [2.45, 2.75) is 37.5 Å². The summed E-state index contributed by atoms with van der Waals surface area (Å²) in [5.74, 6) is 0.255. The van der Waals surface area contributed by atoms with Crippen LogP contribution in [0.15, 0.2) is 35.1 Å². The van der Waals surface area contributed by atoms with Crippen molar-refractivity contribution in [3.05, 3.63) is 51.9 Å². The minimum Gasteiger partial charge on any atom is -0.342 e. The average molecular weight is 428 g/mol. The van der Waals surface area contributed by atoms with Gasteiger partial charge >= 0.3 is 0 Å². The molecule has 3 heterocycles. The number of fused-ring (bicyclic) bond motifs is 2. The fraction of sp³-hybridized carbons (Fsp3) is 0.500. The van der Waals surface area contributed by atoms with Crippen LogP contribution in [-0.2, 0) is 26.5 Å². The molecule has 2 aliphatic heterocycles. The van der Waals surface area contributed by atoms with Crippen LogP contribution in [0.25, 0.3) is 11.4 Å². The van der Waals surface area contributed by atoms with Crippen LogP contribution in [0.4, 0.5) is 0 Å². The molecule has 2 fully saturated rings. The summed E-state index contributed by atoms with van der Waals surface area (Å²) in [6.07, 6.45) is 3.53. The molecule has 1 unspecified atom stereocenters. The first kappa shape index (κ1) is 19.5. The normalized spacial score (nSPS) is 24.1. The predicted octanol–water partition coefficient (Wildman–Crippen LogP) is 1.68. The lowest BCUT2D eigenvalue weighted by Gasteiger charge is -2.40. The number of nitrogens with zero attached hydrogens (tertiary/aromatic N) is 2. The van der Waals surface area contributed by atoms with Gasteiger partial charge in [-0.1, -0.05) is 30.3 Å². The van der Waals surface area contributed by atoms with Gasteiger partial charge in [-0.3, -0.25) is 9.59 Å². The second-order valence-corrected chi connectivity index (χ2v) is 11.0. The van der Waals surface area contributed by atoms with Crippen LogP contribution >= 0.6 is 0 Å². The van der Waals surface area contributed by atoms with Crippen molar-refractivity contribution in [1.29, 1.82) is 0 Å². The molecule has 2 aromatic rings. The fourth-order valence-corrected chi connectivity index (χ4v) is 7.01. The van der Waals surface area contributed by atoms with E-state index in [2.05, 4.69) is 4.98 Å². The molecule has 5 rings (SSSR count). The summed E-state index contributed by atoms with van der Waals surface area (Å²) in [6, 6.07) is 9.64. The van der Waals surface area contributed by atoms with Crippen LogP contribution in [0.5, 0.6) is 0 Å². The number of carbonyl (C=O) groups excluding carboxylic acids is 1. The zero-order chi connectivity index (χ0) is 20.9. The number of H-pyrrole nitrogens is 1. The van der Waals surface area contributed by atoms with Crippen molar-refractivity contribution in [3.8, 4) is 11.4 Å². The first-order chi connectivity index (χ1) is 14.4. The third kappa shape index (κ3) is 3.27. The summed E-state index contributed by atoms with van der Waals surface area (Å²) in [7, 11) is -3.07. The molecule has 1 spiro atoms. The second-order valence-electron chi connectivity index (χ2n) is 8.81. The molecular weight excluding hydrogens is 402 g/mol. The molecule has 7 nitrogen and oxygen atoms in total. The molecular formula is C22H25N3O4S. The number of hydrogen-bond acceptors (Lipinski definition) is 5. The summed E-state index contributed by atoms with van der Waals surface area (Å²) in [5, 5.41) is 0. The van der Waals surface area contributed by atoms with E-state index < -0.39 is 15.8 Å². The van der Waals surface area contributed by atoms with Gasteiger partial charge in [-0.15, -0.1) is 0 Å². The van der Waals surface area contributed by atoms with Crippen LogP contribution in [0.2, 0.25) is 0 Å². The Hall–Kier alpha value is -2.48. The van der Waals surface area contributed by atoms with Crippen LogP contribution in [0.3, 0.4) is 0 Å². The number of sulfone groups is 1. The molecule has 2 saturated heterocycles. The number of amides is 1. The standard InChI is InChI=1S/C22H25N3O4S/c26-20-17-6-8-22(18(17)23-19(24-20)15-4-2-1-3-5-15)9-11-25(12-10-22)21(27)16-7-13-30(28,29)14-16/h1-5,16H,6-14H2,(H,23,24,26). The van der Waals surface area contributed by atoms with Gasteiger partial charge in [-0.05, 0) is 32.1 Å². The smallest absolute Gasteiger partial charge is 0.254 e. The molecule has 1 N–H and O–H groups in total. The zero-order valence-electron chi connectivity index (χ0n) is 16.8. The van der Waals surface area contributed by atoms with Gasteiger partial charge in [0.05, 0.1) is 23.1 Å². The molecule has 1 atom stereocenters. The minimum atomic E-state index is -3.07. The topological polar surface area (TPSA) is 100 Å². The van der Waals surface area contributed by atoms with Crippen LogP contribution in [0.1, 0.15) is 36.9 Å². The fourth-order valence-electron chi connectivity index (χ4n) is 5.27. The lowest BCUT2D eigenvalue weighted by Crippen LogP contribution is -2.47. The maximum absolute atomic E-state index is 12.8. The minimum absolute atomic E-state index is 0.0202. The van der Waals surface area contributed by atoms with Crippen molar-refractivity contribution in [2.75, 3.05) is 24.6 Å². The van der Waals surface area contributed by atoms with Crippen LogP contribution < -0.4 is 5.56 Å². The van der Waals surface area contributed by atoms with Gasteiger partial charge in [-0.2, -0.15) is 0 Å². The van der Waals surface area contributed by atoms with E-state index in [1.807, 2.05) is 35.2 Å². The molecule has 0 radical (unpaired) electrons. The van der Waals surface area contributed by atoms with Crippen LogP contribution in [-0.4, -0.2) is 53.8 Å². The highest BCUT2D eigenvalue weighted by atomic mass is 32.2. The Bertz CT molecular complexity index is 1150. The van der Waals surface area contributed by atoms with Crippen LogP contribution in [0, 0.1) is 5.92 Å². The Morgan fingerprint density at radius 2 is 1.87 bits per heavy atom. The number of aromatic amines is 1. The second kappa shape index (κ2) is 7.04. The maximum atomic E-state index is 12.8. The first-order valence-corrected chi connectivity index (χ1v) is 12.4. The number of piperidine rings is 1. The summed E-state index contributed by atoms with van der Waals surface area (Å²) in [4.78, 5) is 35.2. The molecule has 1 aromatic heterocycles. The van der Waals surface area contributed by atoms with Gasteiger partial charge in [0.2, 0.25) is 5.91 Å². The summed E-state index contributed by atoms with van der Waals surface area (Å²) < 4.78 is 23.5. The zero-order valence-corrected chi connectivity index (χ0v) is 17.6. The number of likely N-dealkylation sites (tertiary alicyclic amines) is 1. The van der Waals surface area contributed by atoms with E-state index in [1.165, 1.54) is 0 Å². The molecule has 30 heavy (non-hydrogen) atoms. The number of rotatable bonds is 2. The Kier molecular flexibility index (Phi) is 4.57. The molecule has 3 aliphatic rings.